The van der Waals surface area contributed by atoms with Crippen molar-refractivity contribution in [1.82, 2.24) is 15.1 Å². The van der Waals surface area contributed by atoms with E-state index >= 15 is 0 Å². The molecule has 5 nitrogen and oxygen atoms in total. The van der Waals surface area contributed by atoms with Crippen molar-refractivity contribution in [3.05, 3.63) is 35.9 Å². The van der Waals surface area contributed by atoms with Crippen LogP contribution >= 0.6 is 12.4 Å². The predicted molar refractivity (Wildman–Crippen MR) is 105 cm³/mol. The summed E-state index contributed by atoms with van der Waals surface area (Å²) in [5, 5.41) is 3.30. The molecule has 2 saturated heterocycles. The van der Waals surface area contributed by atoms with Gasteiger partial charge in [0.25, 0.3) is 0 Å². The van der Waals surface area contributed by atoms with Crippen molar-refractivity contribution in [2.75, 3.05) is 39.3 Å². The van der Waals surface area contributed by atoms with Crippen LogP contribution in [0.3, 0.4) is 0 Å². The Balaban J connectivity index is 0.00000243. The number of benzene rings is 1. The van der Waals surface area contributed by atoms with Gasteiger partial charge in [-0.05, 0) is 44.3 Å². The highest BCUT2D eigenvalue weighted by Gasteiger charge is 2.29. The topological polar surface area (TPSA) is 52.7 Å². The number of piperidine rings is 1. The standard InChI is InChI=1S/C20H29N3O2.ClH/c24-19(8-4-7-17-5-2-1-3-6-17)22-13-15-23(16-14-22)20(25)18-9-11-21-12-10-18;/h1-3,5-6,18,21H,4,7-16H2;1H. The van der Waals surface area contributed by atoms with Crippen LogP contribution in [0.15, 0.2) is 30.3 Å². The number of halogens is 1. The summed E-state index contributed by atoms with van der Waals surface area (Å²) in [7, 11) is 0. The monoisotopic (exact) mass is 379 g/mol. The number of nitrogens with zero attached hydrogens (tertiary/aromatic N) is 2. The summed E-state index contributed by atoms with van der Waals surface area (Å²) in [6.07, 6.45) is 4.31. The zero-order valence-electron chi connectivity index (χ0n) is 15.4. The van der Waals surface area contributed by atoms with Gasteiger partial charge in [-0.1, -0.05) is 30.3 Å². The molecule has 0 atom stereocenters. The summed E-state index contributed by atoms with van der Waals surface area (Å²) in [6.45, 7) is 4.62. The van der Waals surface area contributed by atoms with Gasteiger partial charge in [-0.2, -0.15) is 0 Å². The summed E-state index contributed by atoms with van der Waals surface area (Å²) in [6, 6.07) is 10.3. The third-order valence-electron chi connectivity index (χ3n) is 5.33. The third kappa shape index (κ3) is 5.71. The third-order valence-corrected chi connectivity index (χ3v) is 5.33. The van der Waals surface area contributed by atoms with E-state index in [0.717, 1.165) is 38.8 Å². The van der Waals surface area contributed by atoms with Crippen LogP contribution in [0.2, 0.25) is 0 Å². The highest BCUT2D eigenvalue weighted by Crippen LogP contribution is 2.17. The number of carbonyl (C=O) groups excluding carboxylic acids is 2. The average molecular weight is 380 g/mol. The fourth-order valence-electron chi connectivity index (χ4n) is 3.75. The minimum absolute atomic E-state index is 0. The van der Waals surface area contributed by atoms with Crippen molar-refractivity contribution in [2.45, 2.75) is 32.1 Å². The van der Waals surface area contributed by atoms with Crippen LogP contribution < -0.4 is 5.32 Å². The van der Waals surface area contributed by atoms with Gasteiger partial charge in [0, 0.05) is 38.5 Å². The first-order chi connectivity index (χ1) is 12.2. The molecule has 0 radical (unpaired) electrons. The molecule has 0 aromatic heterocycles. The number of hydrogen-bond acceptors (Lipinski definition) is 3. The number of nitrogens with one attached hydrogen (secondary N) is 1. The Kier molecular flexibility index (Phi) is 8.39. The van der Waals surface area contributed by atoms with Crippen LogP contribution in [0.4, 0.5) is 0 Å². The maximum Gasteiger partial charge on any atom is 0.225 e. The maximum atomic E-state index is 12.6. The molecule has 1 N–H and O–H groups in total. The molecule has 1 aromatic rings. The highest BCUT2D eigenvalue weighted by atomic mass is 35.5. The number of carbonyl (C=O) groups is 2. The number of amides is 2. The molecule has 2 fully saturated rings. The summed E-state index contributed by atoms with van der Waals surface area (Å²) < 4.78 is 0. The Morgan fingerprint density at radius 3 is 2.23 bits per heavy atom. The molecule has 0 spiro atoms. The molecule has 3 rings (SSSR count). The van der Waals surface area contributed by atoms with Gasteiger partial charge in [0.05, 0.1) is 0 Å². The van der Waals surface area contributed by atoms with Crippen molar-refractivity contribution in [3.63, 3.8) is 0 Å². The summed E-state index contributed by atoms with van der Waals surface area (Å²) >= 11 is 0. The van der Waals surface area contributed by atoms with Gasteiger partial charge >= 0.3 is 0 Å². The van der Waals surface area contributed by atoms with Crippen LogP contribution in [0, 0.1) is 5.92 Å². The largest absolute Gasteiger partial charge is 0.339 e. The van der Waals surface area contributed by atoms with E-state index in [9.17, 15) is 9.59 Å². The summed E-state index contributed by atoms with van der Waals surface area (Å²) in [4.78, 5) is 28.8. The molecule has 0 unspecified atom stereocenters. The lowest BCUT2D eigenvalue weighted by molar-refractivity contribution is -0.142. The van der Waals surface area contributed by atoms with E-state index in [-0.39, 0.29) is 30.1 Å². The minimum Gasteiger partial charge on any atom is -0.339 e. The Hall–Kier alpha value is -1.59. The Morgan fingerprint density at radius 2 is 1.58 bits per heavy atom. The second-order valence-corrected chi connectivity index (χ2v) is 7.07. The normalized spacial score (nSPS) is 18.3. The van der Waals surface area contributed by atoms with Crippen molar-refractivity contribution in [2.24, 2.45) is 5.92 Å². The van der Waals surface area contributed by atoms with Crippen molar-refractivity contribution < 1.29 is 9.59 Å². The first-order valence-electron chi connectivity index (χ1n) is 9.55. The van der Waals surface area contributed by atoms with E-state index in [0.29, 0.717) is 32.6 Å². The van der Waals surface area contributed by atoms with Crippen LogP contribution in [-0.4, -0.2) is 60.9 Å². The molecule has 2 heterocycles. The van der Waals surface area contributed by atoms with E-state index in [1.165, 1.54) is 5.56 Å². The molecule has 2 aliphatic rings. The van der Waals surface area contributed by atoms with Crippen molar-refractivity contribution >= 4 is 24.2 Å². The fraction of sp³-hybridized carbons (Fsp3) is 0.600. The van der Waals surface area contributed by atoms with Gasteiger partial charge < -0.3 is 15.1 Å². The van der Waals surface area contributed by atoms with E-state index in [4.69, 9.17) is 0 Å². The van der Waals surface area contributed by atoms with Gasteiger partial charge in [-0.15, -0.1) is 12.4 Å². The molecule has 2 aliphatic heterocycles. The summed E-state index contributed by atoms with van der Waals surface area (Å²) in [5.41, 5.74) is 1.28. The predicted octanol–water partition coefficient (Wildman–Crippen LogP) is 2.10. The van der Waals surface area contributed by atoms with E-state index < -0.39 is 0 Å². The zero-order chi connectivity index (χ0) is 17.5. The zero-order valence-corrected chi connectivity index (χ0v) is 16.2. The molecule has 2 amide bonds. The first-order valence-corrected chi connectivity index (χ1v) is 9.55. The summed E-state index contributed by atoms with van der Waals surface area (Å²) in [5.74, 6) is 0.692. The molecule has 144 valence electrons. The van der Waals surface area contributed by atoms with E-state index in [1.54, 1.807) is 0 Å². The van der Waals surface area contributed by atoms with Gasteiger partial charge in [0.15, 0.2) is 0 Å². The molecule has 6 heteroatoms. The SMILES string of the molecule is Cl.O=C(CCCc1ccccc1)N1CCN(C(=O)C2CCNCC2)CC1. The Labute approximate surface area is 162 Å². The van der Waals surface area contributed by atoms with Gasteiger partial charge in [-0.3, -0.25) is 9.59 Å². The van der Waals surface area contributed by atoms with Gasteiger partial charge in [-0.25, -0.2) is 0 Å². The molecular formula is C20H30ClN3O2. The van der Waals surface area contributed by atoms with Crippen LogP contribution in [0.5, 0.6) is 0 Å². The lowest BCUT2D eigenvalue weighted by atomic mass is 9.96. The van der Waals surface area contributed by atoms with E-state index in [1.807, 2.05) is 28.0 Å². The molecule has 0 bridgehead atoms. The number of piperazine rings is 1. The van der Waals surface area contributed by atoms with Crippen LogP contribution in [0.25, 0.3) is 0 Å². The molecule has 1 aromatic carbocycles. The highest BCUT2D eigenvalue weighted by molar-refractivity contribution is 5.85. The molecule has 26 heavy (non-hydrogen) atoms. The second kappa shape index (κ2) is 10.5. The van der Waals surface area contributed by atoms with Crippen LogP contribution in [-0.2, 0) is 16.0 Å². The lowest BCUT2D eigenvalue weighted by Crippen LogP contribution is -2.52. The smallest absolute Gasteiger partial charge is 0.225 e. The number of hydrogen-bond donors (Lipinski definition) is 1. The molecule has 0 aliphatic carbocycles. The van der Waals surface area contributed by atoms with Gasteiger partial charge in [0.2, 0.25) is 11.8 Å². The minimum atomic E-state index is 0. The maximum absolute atomic E-state index is 12.6. The molecular weight excluding hydrogens is 350 g/mol. The molecule has 0 saturated carbocycles. The number of aryl methyl sites for hydroxylation is 1. The Bertz CT molecular complexity index is 568. The van der Waals surface area contributed by atoms with E-state index in [2.05, 4.69) is 17.4 Å². The van der Waals surface area contributed by atoms with Crippen LogP contribution in [0.1, 0.15) is 31.2 Å². The first kappa shape index (κ1) is 20.7. The van der Waals surface area contributed by atoms with Crippen molar-refractivity contribution in [3.8, 4) is 0 Å². The average Bonchev–Trinajstić information content (AvgIpc) is 2.69. The van der Waals surface area contributed by atoms with Crippen molar-refractivity contribution in [1.29, 1.82) is 0 Å². The lowest BCUT2D eigenvalue weighted by Gasteiger charge is -2.37. The fourth-order valence-corrected chi connectivity index (χ4v) is 3.75. The quantitative estimate of drug-likeness (QED) is 0.852. The second-order valence-electron chi connectivity index (χ2n) is 7.07. The number of rotatable bonds is 5. The van der Waals surface area contributed by atoms with Gasteiger partial charge in [0.1, 0.15) is 0 Å². The Morgan fingerprint density at radius 1 is 0.962 bits per heavy atom.